The number of rotatable bonds is 2. The average Bonchev–Trinajstić information content (AvgIpc) is 3.03. The standard InChI is InChI=1S/C24H19NO/c1-18-17-25(23-13-7-5-11-21(18)23)22-12-6-3-9-19(22)15-16-20-10-4-8-14-24(20)26-2/h3-14,17H,1-2H3. The molecule has 0 atom stereocenters. The van der Waals surface area contributed by atoms with Crippen molar-refractivity contribution < 1.29 is 4.74 Å². The van der Waals surface area contributed by atoms with Gasteiger partial charge in [-0.2, -0.15) is 0 Å². The first-order valence-corrected chi connectivity index (χ1v) is 8.59. The van der Waals surface area contributed by atoms with Crippen LogP contribution in [0.4, 0.5) is 0 Å². The van der Waals surface area contributed by atoms with E-state index in [1.165, 1.54) is 16.5 Å². The fourth-order valence-electron chi connectivity index (χ4n) is 3.22. The van der Waals surface area contributed by atoms with Gasteiger partial charge in [-0.1, -0.05) is 54.3 Å². The molecule has 0 aliphatic rings. The number of aromatic nitrogens is 1. The van der Waals surface area contributed by atoms with Gasteiger partial charge >= 0.3 is 0 Å². The number of benzene rings is 3. The second kappa shape index (κ2) is 6.82. The molecular weight excluding hydrogens is 318 g/mol. The van der Waals surface area contributed by atoms with Gasteiger partial charge in [-0.15, -0.1) is 0 Å². The summed E-state index contributed by atoms with van der Waals surface area (Å²) in [6.07, 6.45) is 2.17. The first-order chi connectivity index (χ1) is 12.8. The van der Waals surface area contributed by atoms with Crippen LogP contribution in [0.5, 0.6) is 5.75 Å². The molecule has 0 aliphatic carbocycles. The SMILES string of the molecule is COc1ccccc1C#Cc1ccccc1-n1cc(C)c2ccccc21. The third-order valence-corrected chi connectivity index (χ3v) is 4.51. The molecule has 0 N–H and O–H groups in total. The Hall–Kier alpha value is -3.44. The van der Waals surface area contributed by atoms with Gasteiger partial charge in [0.15, 0.2) is 0 Å². The minimum Gasteiger partial charge on any atom is -0.495 e. The van der Waals surface area contributed by atoms with E-state index in [1.807, 2.05) is 36.4 Å². The van der Waals surface area contributed by atoms with Gasteiger partial charge in [-0.25, -0.2) is 0 Å². The smallest absolute Gasteiger partial charge is 0.134 e. The molecule has 2 nitrogen and oxygen atoms in total. The van der Waals surface area contributed by atoms with E-state index in [0.29, 0.717) is 0 Å². The van der Waals surface area contributed by atoms with Gasteiger partial charge in [0.2, 0.25) is 0 Å². The van der Waals surface area contributed by atoms with E-state index < -0.39 is 0 Å². The summed E-state index contributed by atoms with van der Waals surface area (Å²) in [6.45, 7) is 2.14. The number of fused-ring (bicyclic) bond motifs is 1. The van der Waals surface area contributed by atoms with E-state index in [2.05, 4.69) is 65.9 Å². The zero-order valence-corrected chi connectivity index (χ0v) is 14.9. The fourth-order valence-corrected chi connectivity index (χ4v) is 3.22. The van der Waals surface area contributed by atoms with Crippen LogP contribution in [-0.4, -0.2) is 11.7 Å². The minimum absolute atomic E-state index is 0.791. The predicted octanol–water partition coefficient (Wildman–Crippen LogP) is 5.35. The summed E-state index contributed by atoms with van der Waals surface area (Å²) in [7, 11) is 1.67. The Kier molecular flexibility index (Phi) is 4.21. The lowest BCUT2D eigenvalue weighted by molar-refractivity contribution is 0.413. The van der Waals surface area contributed by atoms with Crippen molar-refractivity contribution in [2.24, 2.45) is 0 Å². The van der Waals surface area contributed by atoms with Crippen molar-refractivity contribution in [2.45, 2.75) is 6.92 Å². The Labute approximate surface area is 153 Å². The monoisotopic (exact) mass is 337 g/mol. The number of hydrogen-bond acceptors (Lipinski definition) is 1. The maximum atomic E-state index is 5.40. The van der Waals surface area contributed by atoms with E-state index in [9.17, 15) is 0 Å². The van der Waals surface area contributed by atoms with Gasteiger partial charge in [0.25, 0.3) is 0 Å². The van der Waals surface area contributed by atoms with E-state index in [-0.39, 0.29) is 0 Å². The summed E-state index contributed by atoms with van der Waals surface area (Å²) in [5.74, 6) is 7.37. The lowest BCUT2D eigenvalue weighted by Gasteiger charge is -2.08. The number of ether oxygens (including phenoxy) is 1. The second-order valence-corrected chi connectivity index (χ2v) is 6.17. The van der Waals surface area contributed by atoms with Crippen LogP contribution in [0.15, 0.2) is 79.0 Å². The van der Waals surface area contributed by atoms with Gasteiger partial charge < -0.3 is 9.30 Å². The Balaban J connectivity index is 1.85. The van der Waals surface area contributed by atoms with Gasteiger partial charge in [0.05, 0.1) is 23.9 Å². The molecule has 0 saturated heterocycles. The summed E-state index contributed by atoms with van der Waals surface area (Å²) in [6, 6.07) is 24.5. The summed E-state index contributed by atoms with van der Waals surface area (Å²) < 4.78 is 7.62. The largest absolute Gasteiger partial charge is 0.495 e. The van der Waals surface area contributed by atoms with Crippen molar-refractivity contribution in [1.29, 1.82) is 0 Å². The van der Waals surface area contributed by atoms with Gasteiger partial charge in [-0.05, 0) is 42.8 Å². The maximum absolute atomic E-state index is 5.40. The van der Waals surface area contributed by atoms with Gasteiger partial charge in [0.1, 0.15) is 5.75 Å². The highest BCUT2D eigenvalue weighted by Gasteiger charge is 2.09. The fraction of sp³-hybridized carbons (Fsp3) is 0.0833. The molecule has 0 fully saturated rings. The molecular formula is C24H19NO. The van der Waals surface area contributed by atoms with Crippen molar-refractivity contribution in [3.05, 3.63) is 95.7 Å². The van der Waals surface area contributed by atoms with Crippen molar-refractivity contribution in [1.82, 2.24) is 4.57 Å². The summed E-state index contributed by atoms with van der Waals surface area (Å²) in [5, 5.41) is 1.26. The maximum Gasteiger partial charge on any atom is 0.134 e. The molecule has 126 valence electrons. The molecule has 0 aliphatic heterocycles. The molecule has 0 saturated carbocycles. The molecule has 3 aromatic carbocycles. The molecule has 0 amide bonds. The molecule has 1 heterocycles. The van der Waals surface area contributed by atoms with Crippen molar-refractivity contribution >= 4 is 10.9 Å². The van der Waals surface area contributed by atoms with Crippen molar-refractivity contribution in [3.8, 4) is 23.3 Å². The first-order valence-electron chi connectivity index (χ1n) is 8.59. The summed E-state index contributed by atoms with van der Waals surface area (Å²) in [4.78, 5) is 0. The average molecular weight is 337 g/mol. The van der Waals surface area contributed by atoms with E-state index in [4.69, 9.17) is 4.74 Å². The number of para-hydroxylation sites is 3. The van der Waals surface area contributed by atoms with E-state index in [0.717, 1.165) is 22.6 Å². The van der Waals surface area contributed by atoms with E-state index in [1.54, 1.807) is 7.11 Å². The highest BCUT2D eigenvalue weighted by Crippen LogP contribution is 2.26. The summed E-state index contributed by atoms with van der Waals surface area (Å²) in [5.41, 5.74) is 5.40. The van der Waals surface area contributed by atoms with Crippen molar-refractivity contribution in [2.75, 3.05) is 7.11 Å². The highest BCUT2D eigenvalue weighted by atomic mass is 16.5. The Morgan fingerprint density at radius 2 is 1.42 bits per heavy atom. The van der Waals surface area contributed by atoms with Crippen LogP contribution in [0.1, 0.15) is 16.7 Å². The topological polar surface area (TPSA) is 14.2 Å². The van der Waals surface area contributed by atoms with Crippen LogP contribution in [-0.2, 0) is 0 Å². The van der Waals surface area contributed by atoms with Crippen LogP contribution in [0.2, 0.25) is 0 Å². The quantitative estimate of drug-likeness (QED) is 0.450. The Morgan fingerprint density at radius 3 is 2.27 bits per heavy atom. The zero-order valence-electron chi connectivity index (χ0n) is 14.9. The third kappa shape index (κ3) is 2.85. The molecule has 0 radical (unpaired) electrons. The summed E-state index contributed by atoms with van der Waals surface area (Å²) >= 11 is 0. The van der Waals surface area contributed by atoms with Crippen LogP contribution in [0.3, 0.4) is 0 Å². The molecule has 0 bridgehead atoms. The predicted molar refractivity (Wildman–Crippen MR) is 107 cm³/mol. The number of aryl methyl sites for hydroxylation is 1. The number of hydrogen-bond donors (Lipinski definition) is 0. The van der Waals surface area contributed by atoms with Crippen LogP contribution in [0, 0.1) is 18.8 Å². The van der Waals surface area contributed by atoms with Crippen LogP contribution in [0.25, 0.3) is 16.6 Å². The zero-order chi connectivity index (χ0) is 17.9. The molecule has 0 spiro atoms. The second-order valence-electron chi connectivity index (χ2n) is 6.17. The molecule has 26 heavy (non-hydrogen) atoms. The minimum atomic E-state index is 0.791. The third-order valence-electron chi connectivity index (χ3n) is 4.51. The van der Waals surface area contributed by atoms with Crippen LogP contribution < -0.4 is 4.74 Å². The Bertz CT molecular complexity index is 1140. The molecule has 0 unspecified atom stereocenters. The molecule has 4 aromatic rings. The molecule has 4 rings (SSSR count). The molecule has 1 aromatic heterocycles. The lowest BCUT2D eigenvalue weighted by Crippen LogP contribution is -1.95. The number of methoxy groups -OCH3 is 1. The number of nitrogens with zero attached hydrogens (tertiary/aromatic N) is 1. The normalized spacial score (nSPS) is 10.4. The Morgan fingerprint density at radius 1 is 0.769 bits per heavy atom. The lowest BCUT2D eigenvalue weighted by atomic mass is 10.1. The van der Waals surface area contributed by atoms with Crippen LogP contribution >= 0.6 is 0 Å². The van der Waals surface area contributed by atoms with Crippen molar-refractivity contribution in [3.63, 3.8) is 0 Å². The highest BCUT2D eigenvalue weighted by molar-refractivity contribution is 5.85. The first kappa shape index (κ1) is 16.1. The van der Waals surface area contributed by atoms with Gasteiger partial charge in [0, 0.05) is 17.1 Å². The van der Waals surface area contributed by atoms with Gasteiger partial charge in [-0.3, -0.25) is 0 Å². The van der Waals surface area contributed by atoms with E-state index >= 15 is 0 Å². The molecule has 2 heteroatoms.